The zero-order chi connectivity index (χ0) is 12.5. The average molecular weight is 246 g/mol. The van der Waals surface area contributed by atoms with E-state index in [-0.39, 0.29) is 5.84 Å². The second kappa shape index (κ2) is 4.53. The lowest BCUT2D eigenvalue weighted by Gasteiger charge is -2.37. The van der Waals surface area contributed by atoms with Crippen LogP contribution < -0.4 is 10.6 Å². The highest BCUT2D eigenvalue weighted by Gasteiger charge is 2.30. The Morgan fingerprint density at radius 2 is 2.17 bits per heavy atom. The molecule has 2 fully saturated rings. The summed E-state index contributed by atoms with van der Waals surface area (Å²) < 4.78 is 0. The maximum atomic E-state index is 7.30. The summed E-state index contributed by atoms with van der Waals surface area (Å²) in [5.41, 5.74) is 5.82. The summed E-state index contributed by atoms with van der Waals surface area (Å²) in [4.78, 5) is 13.4. The molecule has 0 bridgehead atoms. The van der Waals surface area contributed by atoms with E-state index in [1.807, 2.05) is 0 Å². The van der Waals surface area contributed by atoms with E-state index in [1.165, 1.54) is 19.4 Å². The number of anilines is 1. The van der Waals surface area contributed by atoms with Crippen molar-refractivity contribution in [2.45, 2.75) is 18.9 Å². The molecular weight excluding hydrogens is 228 g/mol. The number of rotatable bonds is 2. The fourth-order valence-corrected chi connectivity index (χ4v) is 2.82. The Hall–Kier alpha value is -1.69. The Kier molecular flexibility index (Phi) is 2.87. The first kappa shape index (κ1) is 11.4. The maximum absolute atomic E-state index is 7.30. The summed E-state index contributed by atoms with van der Waals surface area (Å²) in [6.07, 6.45) is 5.91. The molecule has 3 heterocycles. The summed E-state index contributed by atoms with van der Waals surface area (Å²) in [6, 6.07) is 0.674. The molecule has 3 rings (SSSR count). The fraction of sp³-hybridized carbons (Fsp3) is 0.583. The van der Waals surface area contributed by atoms with Gasteiger partial charge in [-0.25, -0.2) is 9.97 Å². The highest BCUT2D eigenvalue weighted by atomic mass is 15.3. The van der Waals surface area contributed by atoms with Crippen LogP contribution in [-0.4, -0.2) is 52.9 Å². The number of hydrogen-bond acceptors (Lipinski definition) is 5. The molecule has 3 N–H and O–H groups in total. The van der Waals surface area contributed by atoms with Gasteiger partial charge in [0, 0.05) is 25.7 Å². The number of hydrogen-bond donors (Lipinski definition) is 2. The summed E-state index contributed by atoms with van der Waals surface area (Å²) in [5.74, 6) is 0.862. The van der Waals surface area contributed by atoms with Crippen molar-refractivity contribution in [2.24, 2.45) is 5.73 Å². The van der Waals surface area contributed by atoms with Gasteiger partial charge in [-0.2, -0.15) is 0 Å². The minimum atomic E-state index is -0.0327. The molecule has 0 aliphatic carbocycles. The lowest BCUT2D eigenvalue weighted by molar-refractivity contribution is 0.230. The molecule has 0 radical (unpaired) electrons. The Balaban J connectivity index is 1.73. The number of nitrogens with one attached hydrogen (secondary N) is 1. The lowest BCUT2D eigenvalue weighted by atomic mass is 10.1. The van der Waals surface area contributed by atoms with E-state index in [2.05, 4.69) is 19.8 Å². The van der Waals surface area contributed by atoms with Gasteiger partial charge in [-0.3, -0.25) is 10.3 Å². The first-order valence-electron chi connectivity index (χ1n) is 6.39. The topological polar surface area (TPSA) is 82.1 Å². The number of fused-ring (bicyclic) bond motifs is 1. The predicted octanol–water partition coefficient (Wildman–Crippen LogP) is 0.0451. The smallest absolute Gasteiger partial charge is 0.147 e. The van der Waals surface area contributed by atoms with Crippen molar-refractivity contribution < 1.29 is 0 Å². The van der Waals surface area contributed by atoms with Gasteiger partial charge in [-0.05, 0) is 19.4 Å². The molecule has 2 saturated heterocycles. The number of nitrogen functional groups attached to an aromatic ring is 1. The molecule has 0 aromatic carbocycles. The van der Waals surface area contributed by atoms with Gasteiger partial charge in [0.25, 0.3) is 0 Å². The molecule has 6 heteroatoms. The minimum absolute atomic E-state index is 0.0327. The average Bonchev–Trinajstić information content (AvgIpc) is 2.86. The van der Waals surface area contributed by atoms with Crippen LogP contribution in [0.1, 0.15) is 18.5 Å². The first-order chi connectivity index (χ1) is 8.74. The van der Waals surface area contributed by atoms with Crippen molar-refractivity contribution in [1.82, 2.24) is 14.9 Å². The van der Waals surface area contributed by atoms with E-state index in [0.29, 0.717) is 11.7 Å². The minimum Gasteiger partial charge on any atom is -0.382 e. The van der Waals surface area contributed by atoms with Crippen molar-refractivity contribution in [3.8, 4) is 0 Å². The van der Waals surface area contributed by atoms with E-state index in [0.717, 1.165) is 25.5 Å². The van der Waals surface area contributed by atoms with Gasteiger partial charge in [-0.15, -0.1) is 0 Å². The third kappa shape index (κ3) is 2.03. The van der Waals surface area contributed by atoms with E-state index in [4.69, 9.17) is 11.1 Å². The van der Waals surface area contributed by atoms with Crippen molar-refractivity contribution in [1.29, 1.82) is 5.41 Å². The van der Waals surface area contributed by atoms with E-state index >= 15 is 0 Å². The molecule has 2 aliphatic heterocycles. The summed E-state index contributed by atoms with van der Waals surface area (Å²) in [6.45, 7) is 4.40. The zero-order valence-electron chi connectivity index (χ0n) is 10.3. The molecule has 0 saturated carbocycles. The lowest BCUT2D eigenvalue weighted by Crippen LogP contribution is -2.50. The van der Waals surface area contributed by atoms with Crippen molar-refractivity contribution in [2.75, 3.05) is 31.1 Å². The number of aromatic nitrogens is 2. The van der Waals surface area contributed by atoms with Gasteiger partial charge < -0.3 is 10.6 Å². The molecule has 6 nitrogen and oxygen atoms in total. The second-order valence-corrected chi connectivity index (χ2v) is 4.95. The van der Waals surface area contributed by atoms with Crippen LogP contribution in [0.2, 0.25) is 0 Å². The maximum Gasteiger partial charge on any atom is 0.147 e. The van der Waals surface area contributed by atoms with E-state index in [9.17, 15) is 0 Å². The van der Waals surface area contributed by atoms with Gasteiger partial charge in [0.15, 0.2) is 0 Å². The van der Waals surface area contributed by atoms with Crippen LogP contribution in [0.15, 0.2) is 12.4 Å². The number of amidine groups is 1. The summed E-state index contributed by atoms with van der Waals surface area (Å²) in [5, 5.41) is 7.30. The Labute approximate surface area is 106 Å². The molecular formula is C12H18N6. The summed E-state index contributed by atoms with van der Waals surface area (Å²) >= 11 is 0. The van der Waals surface area contributed by atoms with Gasteiger partial charge in [-0.1, -0.05) is 0 Å². The highest BCUT2D eigenvalue weighted by molar-refractivity contribution is 5.92. The number of nitrogens with two attached hydrogens (primary N) is 1. The van der Waals surface area contributed by atoms with Crippen LogP contribution in [0, 0.1) is 5.41 Å². The Morgan fingerprint density at radius 1 is 1.28 bits per heavy atom. The molecule has 1 aromatic heterocycles. The largest absolute Gasteiger partial charge is 0.382 e. The quantitative estimate of drug-likeness (QED) is 0.569. The fourth-order valence-electron chi connectivity index (χ4n) is 2.82. The SMILES string of the molecule is N=C(N)c1cnc(N2CCN3CCCC3C2)cn1. The molecule has 1 unspecified atom stereocenters. The molecule has 1 atom stereocenters. The normalized spacial score (nSPS) is 24.0. The van der Waals surface area contributed by atoms with Crippen LogP contribution in [0.25, 0.3) is 0 Å². The molecule has 1 aromatic rings. The molecule has 18 heavy (non-hydrogen) atoms. The molecule has 0 spiro atoms. The zero-order valence-corrected chi connectivity index (χ0v) is 10.3. The van der Waals surface area contributed by atoms with Crippen molar-refractivity contribution >= 4 is 11.7 Å². The van der Waals surface area contributed by atoms with E-state index < -0.39 is 0 Å². The number of nitrogens with zero attached hydrogens (tertiary/aromatic N) is 4. The third-order valence-electron chi connectivity index (χ3n) is 3.83. The van der Waals surface area contributed by atoms with Crippen LogP contribution in [0.5, 0.6) is 0 Å². The van der Waals surface area contributed by atoms with Gasteiger partial charge >= 0.3 is 0 Å². The van der Waals surface area contributed by atoms with Crippen LogP contribution in [0.4, 0.5) is 5.82 Å². The standard InChI is InChI=1S/C12H18N6/c13-12(14)10-6-16-11(7-15-10)18-5-4-17-3-1-2-9(17)8-18/h6-7,9H,1-5,8H2,(H3,13,14). The number of piperazine rings is 1. The van der Waals surface area contributed by atoms with Gasteiger partial charge in [0.05, 0.1) is 12.4 Å². The van der Waals surface area contributed by atoms with Crippen LogP contribution in [0.3, 0.4) is 0 Å². The Bertz CT molecular complexity index is 442. The predicted molar refractivity (Wildman–Crippen MR) is 69.9 cm³/mol. The molecule has 2 aliphatic rings. The third-order valence-corrected chi connectivity index (χ3v) is 3.83. The van der Waals surface area contributed by atoms with Crippen LogP contribution in [-0.2, 0) is 0 Å². The molecule has 96 valence electrons. The van der Waals surface area contributed by atoms with Gasteiger partial charge in [0.1, 0.15) is 17.3 Å². The Morgan fingerprint density at radius 3 is 2.89 bits per heavy atom. The molecule has 0 amide bonds. The van der Waals surface area contributed by atoms with Crippen LogP contribution >= 0.6 is 0 Å². The monoisotopic (exact) mass is 246 g/mol. The highest BCUT2D eigenvalue weighted by Crippen LogP contribution is 2.23. The van der Waals surface area contributed by atoms with Gasteiger partial charge in [0.2, 0.25) is 0 Å². The first-order valence-corrected chi connectivity index (χ1v) is 6.39. The van der Waals surface area contributed by atoms with Crippen molar-refractivity contribution in [3.05, 3.63) is 18.1 Å². The second-order valence-electron chi connectivity index (χ2n) is 4.95. The summed E-state index contributed by atoms with van der Waals surface area (Å²) in [7, 11) is 0. The van der Waals surface area contributed by atoms with Crippen molar-refractivity contribution in [3.63, 3.8) is 0 Å². The van der Waals surface area contributed by atoms with E-state index in [1.54, 1.807) is 12.4 Å².